The summed E-state index contributed by atoms with van der Waals surface area (Å²) in [6.45, 7) is 24.9. The van der Waals surface area contributed by atoms with Crippen LogP contribution in [0.3, 0.4) is 0 Å². The first-order valence-electron chi connectivity index (χ1n) is 30.7. The number of aliphatic carboxylic acids is 1. The van der Waals surface area contributed by atoms with E-state index in [1.54, 1.807) is 0 Å². The zero-order chi connectivity index (χ0) is 52.3. The minimum absolute atomic E-state index is 0.0452. The number of hydrogen-bond acceptors (Lipinski definition) is 5. The van der Waals surface area contributed by atoms with Crippen LogP contribution in [0.5, 0.6) is 0 Å². The molecule has 0 aromatic heterocycles. The maximum absolute atomic E-state index is 14.3. The molecule has 10 heteroatoms. The summed E-state index contributed by atoms with van der Waals surface area (Å²) < 4.78 is 0. The summed E-state index contributed by atoms with van der Waals surface area (Å²) >= 11 is 0. The van der Waals surface area contributed by atoms with E-state index in [2.05, 4.69) is 69.2 Å². The number of fused-ring (bicyclic) bond motifs is 10. The van der Waals surface area contributed by atoms with Crippen molar-refractivity contribution in [3.63, 3.8) is 0 Å². The van der Waals surface area contributed by atoms with Crippen LogP contribution in [0, 0.1) is 105 Å². The normalized spacial score (nSPS) is 42.4. The van der Waals surface area contributed by atoms with Crippen LogP contribution in [0.2, 0.25) is 0 Å². The van der Waals surface area contributed by atoms with Crippen molar-refractivity contribution in [2.24, 2.45) is 116 Å². The fourth-order valence-electron chi connectivity index (χ4n) is 21.6. The van der Waals surface area contributed by atoms with Crippen LogP contribution in [0.1, 0.15) is 236 Å². The van der Waals surface area contributed by atoms with Gasteiger partial charge in [0.15, 0.2) is 5.66 Å². The number of rotatable bonds is 19. The molecule has 72 heavy (non-hydrogen) atoms. The fourth-order valence-corrected chi connectivity index (χ4v) is 21.6. The van der Waals surface area contributed by atoms with E-state index in [0.717, 1.165) is 85.9 Å². The second-order valence-electron chi connectivity index (χ2n) is 29.1. The van der Waals surface area contributed by atoms with Gasteiger partial charge in [-0.15, -0.1) is 0 Å². The molecule has 19 atom stereocenters. The van der Waals surface area contributed by atoms with Gasteiger partial charge < -0.3 is 26.8 Å². The minimum atomic E-state index is -2.01. The van der Waals surface area contributed by atoms with Crippen molar-refractivity contribution >= 4 is 18.2 Å². The van der Waals surface area contributed by atoms with Gasteiger partial charge in [0.2, 0.25) is 0 Å². The van der Waals surface area contributed by atoms with E-state index in [1.165, 1.54) is 99.7 Å². The molecule has 8 aliphatic rings. The van der Waals surface area contributed by atoms with E-state index in [1.807, 2.05) is 0 Å². The van der Waals surface area contributed by atoms with Crippen molar-refractivity contribution in [1.29, 1.82) is 0 Å². The molecule has 0 aromatic carbocycles. The van der Waals surface area contributed by atoms with Gasteiger partial charge in [-0.1, -0.05) is 108 Å². The zero-order valence-electron chi connectivity index (χ0n) is 47.5. The first kappa shape index (κ1) is 56.1. The highest BCUT2D eigenvalue weighted by Crippen LogP contribution is 2.71. The van der Waals surface area contributed by atoms with Gasteiger partial charge in [-0.3, -0.25) is 14.6 Å². The van der Waals surface area contributed by atoms with Gasteiger partial charge in [-0.25, -0.2) is 9.59 Å². The fraction of sp³-hybridized carbons (Fsp3) is 0.952. The Bertz CT molecular complexity index is 1780. The molecule has 0 radical (unpaired) electrons. The number of hydrogen-bond donors (Lipinski definition) is 5. The van der Waals surface area contributed by atoms with Gasteiger partial charge in [-0.05, 0) is 239 Å². The number of carbonyl (C=O) groups is 3. The predicted molar refractivity (Wildman–Crippen MR) is 290 cm³/mol. The van der Waals surface area contributed by atoms with Crippen LogP contribution in [0.25, 0.3) is 0 Å². The maximum Gasteiger partial charge on any atom is 0.409 e. The van der Waals surface area contributed by atoms with Gasteiger partial charge in [-0.2, -0.15) is 0 Å². The summed E-state index contributed by atoms with van der Waals surface area (Å²) in [5.41, 5.74) is 12.0. The molecule has 0 spiro atoms. The summed E-state index contributed by atoms with van der Waals surface area (Å²) in [5, 5.41) is 34.3. The average Bonchev–Trinajstić information content (AvgIpc) is 3.87. The molecule has 10 nitrogen and oxygen atoms in total. The van der Waals surface area contributed by atoms with E-state index in [0.29, 0.717) is 60.2 Å². The molecule has 412 valence electrons. The molecule has 10 unspecified atom stereocenters. The van der Waals surface area contributed by atoms with Crippen molar-refractivity contribution in [3.8, 4) is 0 Å². The van der Waals surface area contributed by atoms with Gasteiger partial charge in [0, 0.05) is 12.1 Å². The molecule has 2 amide bonds. The van der Waals surface area contributed by atoms with Gasteiger partial charge in [0.1, 0.15) is 6.04 Å². The van der Waals surface area contributed by atoms with Gasteiger partial charge >= 0.3 is 18.2 Å². The Balaban J connectivity index is 1.02. The van der Waals surface area contributed by atoms with Crippen LogP contribution in [-0.4, -0.2) is 73.6 Å². The molecule has 7 N–H and O–H groups in total. The first-order chi connectivity index (χ1) is 34.0. The highest BCUT2D eigenvalue weighted by Gasteiger charge is 2.66. The van der Waals surface area contributed by atoms with Crippen LogP contribution in [0.15, 0.2) is 0 Å². The first-order valence-corrected chi connectivity index (χ1v) is 30.7. The quantitative estimate of drug-likeness (QED) is 0.0796. The smallest absolute Gasteiger partial charge is 0.409 e. The maximum atomic E-state index is 14.3. The second-order valence-corrected chi connectivity index (χ2v) is 29.1. The number of nitrogens with zero attached hydrogens (tertiary/aromatic N) is 2. The Morgan fingerprint density at radius 3 is 1.28 bits per heavy atom. The lowest BCUT2D eigenvalue weighted by atomic mass is 9.44. The third kappa shape index (κ3) is 9.72. The third-order valence-electron chi connectivity index (χ3n) is 25.2. The molecule has 8 saturated carbocycles. The lowest BCUT2D eigenvalue weighted by Gasteiger charge is -2.64. The number of carboxylic acids is 1. The highest BCUT2D eigenvalue weighted by molar-refractivity contribution is 5.80. The molecular weight excluding hydrogens is 897 g/mol. The zero-order valence-corrected chi connectivity index (χ0v) is 47.5. The average molecular weight is 1010 g/mol. The van der Waals surface area contributed by atoms with E-state index in [-0.39, 0.29) is 42.1 Å². The van der Waals surface area contributed by atoms with Crippen molar-refractivity contribution < 1.29 is 29.7 Å². The molecule has 0 aromatic rings. The lowest BCUT2D eigenvalue weighted by Crippen LogP contribution is -2.77. The topological polar surface area (TPSA) is 170 Å². The minimum Gasteiger partial charge on any atom is -0.480 e. The van der Waals surface area contributed by atoms with E-state index in [9.17, 15) is 29.7 Å². The van der Waals surface area contributed by atoms with Crippen LogP contribution in [0.4, 0.5) is 9.59 Å². The Kier molecular flexibility index (Phi) is 17.0. The third-order valence-corrected chi connectivity index (χ3v) is 25.2. The molecule has 0 saturated heterocycles. The Labute approximate surface area is 438 Å². The van der Waals surface area contributed by atoms with Crippen molar-refractivity contribution in [1.82, 2.24) is 9.80 Å². The number of amides is 2. The van der Waals surface area contributed by atoms with Crippen molar-refractivity contribution in [3.05, 3.63) is 0 Å². The summed E-state index contributed by atoms with van der Waals surface area (Å²) in [6.07, 6.45) is 24.5. The Morgan fingerprint density at radius 1 is 0.528 bits per heavy atom. The molecule has 0 bridgehead atoms. The number of carboxylic acid groups (broad SMARTS) is 3. The lowest BCUT2D eigenvalue weighted by molar-refractivity contribution is -0.168. The second kappa shape index (κ2) is 21.8. The molecule has 8 rings (SSSR count). The highest BCUT2D eigenvalue weighted by atomic mass is 16.4. The van der Waals surface area contributed by atoms with Crippen molar-refractivity contribution in [2.75, 3.05) is 6.54 Å². The SMILES string of the molecule is CC(C)CCC[C@@H](C)[C@H]1CCC2C3CCC4CC(N(C(=O)O)C(CCCN)([C@H](N)C(=O)O)N(C(=O)O)C5CC[C@@]6(C)C(CCC7C6CC[C@@]6(C)C7CC[C@@H]6[C@H](C)CCCC(C)C)C5)CC[C@]4(C)C3CC[C@@]21C. The summed E-state index contributed by atoms with van der Waals surface area (Å²) in [6, 6.07) is -2.87. The van der Waals surface area contributed by atoms with Gasteiger partial charge in [0.05, 0.1) is 0 Å². The van der Waals surface area contributed by atoms with E-state index in [4.69, 9.17) is 11.5 Å². The van der Waals surface area contributed by atoms with Gasteiger partial charge in [0.25, 0.3) is 0 Å². The van der Waals surface area contributed by atoms with E-state index >= 15 is 0 Å². The Morgan fingerprint density at radius 2 is 0.917 bits per heavy atom. The van der Waals surface area contributed by atoms with Crippen molar-refractivity contribution in [2.45, 2.75) is 260 Å². The molecular formula is C62H108N4O6. The summed E-state index contributed by atoms with van der Waals surface area (Å²) in [5.74, 6) is 7.78. The monoisotopic (exact) mass is 1000 g/mol. The van der Waals surface area contributed by atoms with Crippen LogP contribution >= 0.6 is 0 Å². The summed E-state index contributed by atoms with van der Waals surface area (Å²) in [4.78, 5) is 44.7. The number of nitrogens with two attached hydrogens (primary N) is 2. The molecule has 8 aliphatic carbocycles. The summed E-state index contributed by atoms with van der Waals surface area (Å²) in [7, 11) is 0. The molecule has 8 fully saturated rings. The molecule has 0 aliphatic heterocycles. The van der Waals surface area contributed by atoms with Crippen LogP contribution < -0.4 is 11.5 Å². The molecule has 0 heterocycles. The largest absolute Gasteiger partial charge is 0.480 e. The van der Waals surface area contributed by atoms with Crippen LogP contribution in [-0.2, 0) is 4.79 Å². The predicted octanol–water partition coefficient (Wildman–Crippen LogP) is 14.8. The Hall–Kier alpha value is -2.07. The standard InChI is InChI=1S/C62H108N4O6/c1-38(2)14-11-16-40(5)48-22-24-50-46-20-18-42-36-44(26-31-58(42,7)52(46)28-33-60(48,50)9)65(56(69)70)62(30-13-35-63,54(64)55(67)68)66(57(71)72)45-27-32-59(8)43(37-45)19-21-47-51-25-23-49(41(6)17-12-15-39(3)4)61(51,10)34-29-53(47)59/h38-54H,11-37,63-64H2,1-10H3,(H,67,68)(H,69,70)(H,71,72)/t40-,41-,42?,43?,44?,45?,46?,47?,48-,49-,50?,51?,52?,53?,54-,58+,59+,60-,61-,62?/m1/s1. The van der Waals surface area contributed by atoms with E-state index < -0.39 is 41.9 Å².